The van der Waals surface area contributed by atoms with Gasteiger partial charge in [-0.1, -0.05) is 0 Å². The molecule has 0 bridgehead atoms. The van der Waals surface area contributed by atoms with Gasteiger partial charge in [0, 0.05) is 16.2 Å². The molecular weight excluding hydrogens is 317 g/mol. The molecule has 1 fully saturated rings. The predicted octanol–water partition coefficient (Wildman–Crippen LogP) is 2.56. The molecule has 0 atom stereocenters. The molecule has 7 heteroatoms. The second kappa shape index (κ2) is 4.46. The van der Waals surface area contributed by atoms with Gasteiger partial charge in [0.1, 0.15) is 11.2 Å². The highest BCUT2D eigenvalue weighted by Crippen LogP contribution is 2.49. The molecule has 0 radical (unpaired) electrons. The molecule has 0 saturated heterocycles. The number of amides is 1. The fourth-order valence-electron chi connectivity index (χ4n) is 2.69. The molecule has 2 N–H and O–H groups in total. The second-order valence-electron chi connectivity index (χ2n) is 5.02. The van der Waals surface area contributed by atoms with E-state index in [1.54, 1.807) is 6.92 Å². The van der Waals surface area contributed by atoms with Gasteiger partial charge in [-0.25, -0.2) is 9.18 Å². The smallest absolute Gasteiger partial charge is 0.405 e. The van der Waals surface area contributed by atoms with E-state index < -0.39 is 22.9 Å². The van der Waals surface area contributed by atoms with Crippen LogP contribution in [0.1, 0.15) is 25.5 Å². The maximum atomic E-state index is 13.9. The van der Waals surface area contributed by atoms with E-state index in [4.69, 9.17) is 5.11 Å². The van der Waals surface area contributed by atoms with Crippen LogP contribution in [0.5, 0.6) is 0 Å². The summed E-state index contributed by atoms with van der Waals surface area (Å²) in [5.74, 6) is -0.562. The molecule has 2 rings (SSSR count). The summed E-state index contributed by atoms with van der Waals surface area (Å²) in [4.78, 5) is 14.6. The minimum Gasteiger partial charge on any atom is -0.465 e. The SMILES string of the molecule is CC1(NC(=O)O)CC(C#N)(c2ncc(Br)cc2F)C1. The molecule has 0 unspecified atom stereocenters. The Kier molecular flexibility index (Phi) is 3.22. The number of pyridine rings is 1. The third-order valence-corrected chi connectivity index (χ3v) is 3.70. The van der Waals surface area contributed by atoms with Gasteiger partial charge in [-0.2, -0.15) is 5.26 Å². The highest BCUT2D eigenvalue weighted by Gasteiger charge is 2.56. The molecule has 1 amide bonds. The summed E-state index contributed by atoms with van der Waals surface area (Å²) in [7, 11) is 0. The fourth-order valence-corrected chi connectivity index (χ4v) is 3.00. The van der Waals surface area contributed by atoms with E-state index in [9.17, 15) is 14.4 Å². The molecule has 0 aliphatic heterocycles. The standard InChI is InChI=1S/C12H11BrFN3O2/c1-11(17-10(18)19)4-12(5-11,6-15)9-8(14)2-7(13)3-16-9/h2-3,17H,4-5H2,1H3,(H,18,19). The number of nitrogens with one attached hydrogen (secondary N) is 1. The number of aromatic nitrogens is 1. The maximum Gasteiger partial charge on any atom is 0.405 e. The lowest BCUT2D eigenvalue weighted by atomic mass is 9.57. The molecule has 0 spiro atoms. The van der Waals surface area contributed by atoms with Crippen LogP contribution >= 0.6 is 15.9 Å². The normalized spacial score (nSPS) is 29.2. The molecule has 1 saturated carbocycles. The van der Waals surface area contributed by atoms with Crippen LogP contribution < -0.4 is 5.32 Å². The minimum absolute atomic E-state index is 0.0721. The molecule has 19 heavy (non-hydrogen) atoms. The van der Waals surface area contributed by atoms with Gasteiger partial charge in [-0.3, -0.25) is 4.98 Å². The molecule has 1 aromatic rings. The van der Waals surface area contributed by atoms with Gasteiger partial charge < -0.3 is 10.4 Å². The second-order valence-corrected chi connectivity index (χ2v) is 5.94. The van der Waals surface area contributed by atoms with Gasteiger partial charge in [-0.05, 0) is 41.8 Å². The Labute approximate surface area is 117 Å². The minimum atomic E-state index is -1.15. The lowest BCUT2D eigenvalue weighted by molar-refractivity contribution is 0.107. The van der Waals surface area contributed by atoms with Gasteiger partial charge in [0.05, 0.1) is 11.8 Å². The molecule has 100 valence electrons. The van der Waals surface area contributed by atoms with Crippen LogP contribution in [0.4, 0.5) is 9.18 Å². The number of hydrogen-bond acceptors (Lipinski definition) is 3. The van der Waals surface area contributed by atoms with Crippen molar-refractivity contribution in [1.82, 2.24) is 10.3 Å². The summed E-state index contributed by atoms with van der Waals surface area (Å²) in [6.45, 7) is 1.69. The van der Waals surface area contributed by atoms with Crippen LogP contribution in [0.3, 0.4) is 0 Å². The quantitative estimate of drug-likeness (QED) is 0.874. The van der Waals surface area contributed by atoms with Crippen molar-refractivity contribution >= 4 is 22.0 Å². The van der Waals surface area contributed by atoms with Crippen LogP contribution in [0.15, 0.2) is 16.7 Å². The van der Waals surface area contributed by atoms with E-state index >= 15 is 0 Å². The van der Waals surface area contributed by atoms with E-state index in [2.05, 4.69) is 32.3 Å². The van der Waals surface area contributed by atoms with Crippen molar-refractivity contribution in [1.29, 1.82) is 5.26 Å². The summed E-state index contributed by atoms with van der Waals surface area (Å²) in [6, 6.07) is 3.32. The van der Waals surface area contributed by atoms with E-state index in [0.29, 0.717) is 4.47 Å². The van der Waals surface area contributed by atoms with Crippen LogP contribution in [-0.4, -0.2) is 21.7 Å². The van der Waals surface area contributed by atoms with Crippen molar-refractivity contribution in [2.75, 3.05) is 0 Å². The van der Waals surface area contributed by atoms with Crippen LogP contribution in [0.25, 0.3) is 0 Å². The zero-order valence-electron chi connectivity index (χ0n) is 10.1. The highest BCUT2D eigenvalue weighted by atomic mass is 79.9. The Morgan fingerprint density at radius 1 is 1.68 bits per heavy atom. The number of rotatable bonds is 2. The van der Waals surface area contributed by atoms with Crippen LogP contribution in [0, 0.1) is 17.1 Å². The largest absolute Gasteiger partial charge is 0.465 e. The summed E-state index contributed by atoms with van der Waals surface area (Å²) in [5.41, 5.74) is -1.71. The number of nitrogens with zero attached hydrogens (tertiary/aromatic N) is 2. The number of carbonyl (C=O) groups is 1. The van der Waals surface area contributed by atoms with E-state index in [1.165, 1.54) is 12.3 Å². The average Bonchev–Trinajstić information content (AvgIpc) is 2.24. The first kappa shape index (κ1) is 13.7. The first-order valence-electron chi connectivity index (χ1n) is 5.54. The Morgan fingerprint density at radius 3 is 2.79 bits per heavy atom. The highest BCUT2D eigenvalue weighted by molar-refractivity contribution is 9.10. The Bertz CT molecular complexity index is 579. The molecule has 1 heterocycles. The van der Waals surface area contributed by atoms with E-state index in [0.717, 1.165) is 0 Å². The van der Waals surface area contributed by atoms with Gasteiger partial charge in [0.25, 0.3) is 0 Å². The van der Waals surface area contributed by atoms with Crippen molar-refractivity contribution in [3.63, 3.8) is 0 Å². The third-order valence-electron chi connectivity index (χ3n) is 3.27. The average molecular weight is 328 g/mol. The Balaban J connectivity index is 2.29. The number of carboxylic acid groups (broad SMARTS) is 1. The van der Waals surface area contributed by atoms with E-state index in [-0.39, 0.29) is 18.5 Å². The fraction of sp³-hybridized carbons (Fsp3) is 0.417. The molecular formula is C12H11BrFN3O2. The Hall–Kier alpha value is -1.68. The Morgan fingerprint density at radius 2 is 2.32 bits per heavy atom. The van der Waals surface area contributed by atoms with Gasteiger partial charge in [-0.15, -0.1) is 0 Å². The topological polar surface area (TPSA) is 86.0 Å². The maximum absolute atomic E-state index is 13.9. The predicted molar refractivity (Wildman–Crippen MR) is 68.0 cm³/mol. The van der Waals surface area contributed by atoms with Crippen molar-refractivity contribution in [3.05, 3.63) is 28.2 Å². The first-order chi connectivity index (χ1) is 8.80. The summed E-state index contributed by atoms with van der Waals surface area (Å²) < 4.78 is 14.4. The lowest BCUT2D eigenvalue weighted by Gasteiger charge is -2.50. The summed E-state index contributed by atoms with van der Waals surface area (Å²) >= 11 is 3.10. The van der Waals surface area contributed by atoms with Crippen LogP contribution in [0.2, 0.25) is 0 Å². The molecule has 1 aliphatic rings. The van der Waals surface area contributed by atoms with Crippen molar-refractivity contribution in [2.24, 2.45) is 0 Å². The molecule has 0 aromatic carbocycles. The summed E-state index contributed by atoms with van der Waals surface area (Å²) in [5, 5.41) is 20.4. The monoisotopic (exact) mass is 327 g/mol. The molecule has 1 aliphatic carbocycles. The van der Waals surface area contributed by atoms with Crippen molar-refractivity contribution in [2.45, 2.75) is 30.7 Å². The van der Waals surface area contributed by atoms with Crippen molar-refractivity contribution < 1.29 is 14.3 Å². The van der Waals surface area contributed by atoms with Crippen LogP contribution in [-0.2, 0) is 5.41 Å². The van der Waals surface area contributed by atoms with Crippen molar-refractivity contribution in [3.8, 4) is 6.07 Å². The molecule has 1 aromatic heterocycles. The lowest BCUT2D eigenvalue weighted by Crippen LogP contribution is -2.61. The zero-order valence-corrected chi connectivity index (χ0v) is 11.7. The number of hydrogen-bond donors (Lipinski definition) is 2. The zero-order chi connectivity index (χ0) is 14.3. The summed E-state index contributed by atoms with van der Waals surface area (Å²) in [6.07, 6.45) is 0.679. The third kappa shape index (κ3) is 2.40. The number of nitriles is 1. The van der Waals surface area contributed by atoms with Gasteiger partial charge in [0.15, 0.2) is 0 Å². The number of halogens is 2. The molecule has 5 nitrogen and oxygen atoms in total. The van der Waals surface area contributed by atoms with E-state index in [1.807, 2.05) is 0 Å². The van der Waals surface area contributed by atoms with Gasteiger partial charge >= 0.3 is 6.09 Å². The van der Waals surface area contributed by atoms with Gasteiger partial charge in [0.2, 0.25) is 0 Å². The first-order valence-corrected chi connectivity index (χ1v) is 6.33.